The molecule has 0 spiro atoms. The van der Waals surface area contributed by atoms with Crippen LogP contribution in [-0.4, -0.2) is 39.0 Å². The predicted molar refractivity (Wildman–Crippen MR) is 72.9 cm³/mol. The molecule has 8 heteroatoms. The lowest BCUT2D eigenvalue weighted by atomic mass is 10.1. The minimum atomic E-state index is -0.719. The maximum atomic E-state index is 11.9. The Morgan fingerprint density at radius 2 is 2.05 bits per heavy atom. The lowest BCUT2D eigenvalue weighted by molar-refractivity contribution is -0.194. The molecule has 7 nitrogen and oxygen atoms in total. The van der Waals surface area contributed by atoms with Gasteiger partial charge < -0.3 is 14.2 Å². The summed E-state index contributed by atoms with van der Waals surface area (Å²) in [5, 5.41) is 0.572. The second kappa shape index (κ2) is 4.80. The lowest BCUT2D eigenvalue weighted by Gasteiger charge is -2.24. The van der Waals surface area contributed by atoms with Gasteiger partial charge in [-0.3, -0.25) is 14.3 Å². The van der Waals surface area contributed by atoms with Gasteiger partial charge in [-0.05, 0) is 13.8 Å². The number of fused-ring (bicyclic) bond motifs is 1. The third-order valence-corrected chi connectivity index (χ3v) is 4.04. The number of alkyl halides is 1. The van der Waals surface area contributed by atoms with Crippen LogP contribution in [-0.2, 0) is 14.2 Å². The molecule has 3 heterocycles. The van der Waals surface area contributed by atoms with E-state index >= 15 is 0 Å². The van der Waals surface area contributed by atoms with Crippen molar-refractivity contribution in [3.63, 3.8) is 0 Å². The Balaban J connectivity index is 1.98. The number of rotatable bonds is 2. The van der Waals surface area contributed by atoms with Crippen molar-refractivity contribution in [2.45, 2.75) is 44.2 Å². The fourth-order valence-corrected chi connectivity index (χ4v) is 3.16. The monoisotopic (exact) mass is 346 g/mol. The molecule has 3 rings (SSSR count). The summed E-state index contributed by atoms with van der Waals surface area (Å²) in [5.74, 6) is -0.719. The summed E-state index contributed by atoms with van der Waals surface area (Å²) in [4.78, 5) is 25.2. The molecule has 1 aromatic rings. The number of aromatic amines is 1. The molecule has 0 saturated carbocycles. The summed E-state index contributed by atoms with van der Waals surface area (Å²) in [7, 11) is 0. The van der Waals surface area contributed by atoms with Crippen molar-refractivity contribution in [1.29, 1.82) is 0 Å². The first-order valence-electron chi connectivity index (χ1n) is 6.30. The topological polar surface area (TPSA) is 82.6 Å². The van der Waals surface area contributed by atoms with Crippen LogP contribution in [0.3, 0.4) is 0 Å². The average Bonchev–Trinajstić information content (AvgIpc) is 2.83. The van der Waals surface area contributed by atoms with E-state index in [0.29, 0.717) is 5.33 Å². The van der Waals surface area contributed by atoms with Gasteiger partial charge >= 0.3 is 5.69 Å². The number of nitrogens with one attached hydrogen (secondary N) is 1. The molecule has 2 aliphatic heterocycles. The smallest absolute Gasteiger partial charge is 0.330 e. The third kappa shape index (κ3) is 2.26. The Labute approximate surface area is 123 Å². The Kier molecular flexibility index (Phi) is 3.36. The van der Waals surface area contributed by atoms with E-state index in [2.05, 4.69) is 20.9 Å². The minimum absolute atomic E-state index is 0.217. The van der Waals surface area contributed by atoms with E-state index < -0.39 is 29.4 Å². The summed E-state index contributed by atoms with van der Waals surface area (Å²) in [6.45, 7) is 3.65. The zero-order valence-electron chi connectivity index (χ0n) is 11.0. The first-order valence-corrected chi connectivity index (χ1v) is 7.42. The van der Waals surface area contributed by atoms with E-state index in [9.17, 15) is 9.59 Å². The molecule has 0 amide bonds. The number of aromatic nitrogens is 2. The van der Waals surface area contributed by atoms with E-state index in [0.717, 1.165) is 0 Å². The van der Waals surface area contributed by atoms with Crippen molar-refractivity contribution < 1.29 is 14.2 Å². The third-order valence-electron chi connectivity index (χ3n) is 3.40. The van der Waals surface area contributed by atoms with Gasteiger partial charge in [-0.15, -0.1) is 0 Å². The van der Waals surface area contributed by atoms with E-state index in [4.69, 9.17) is 14.2 Å². The molecule has 2 saturated heterocycles. The van der Waals surface area contributed by atoms with Crippen LogP contribution in [0, 0.1) is 0 Å². The van der Waals surface area contributed by atoms with Crippen LogP contribution >= 0.6 is 15.9 Å². The lowest BCUT2D eigenvalue weighted by Crippen LogP contribution is -2.37. The Bertz CT molecular complexity index is 625. The summed E-state index contributed by atoms with van der Waals surface area (Å²) in [6.07, 6.45) is -0.0718. The van der Waals surface area contributed by atoms with Gasteiger partial charge in [0.2, 0.25) is 0 Å². The molecule has 4 atom stereocenters. The maximum Gasteiger partial charge on any atom is 0.330 e. The first-order chi connectivity index (χ1) is 9.41. The zero-order chi connectivity index (χ0) is 14.5. The van der Waals surface area contributed by atoms with Crippen molar-refractivity contribution in [1.82, 2.24) is 9.55 Å². The van der Waals surface area contributed by atoms with E-state index in [-0.39, 0.29) is 12.2 Å². The van der Waals surface area contributed by atoms with Crippen molar-refractivity contribution in [2.75, 3.05) is 5.33 Å². The normalized spacial score (nSPS) is 35.1. The molecule has 110 valence electrons. The van der Waals surface area contributed by atoms with E-state index in [1.807, 2.05) is 13.8 Å². The maximum absolute atomic E-state index is 11.9. The molecular weight excluding hydrogens is 332 g/mol. The fourth-order valence-electron chi connectivity index (χ4n) is 2.63. The molecule has 1 aromatic heterocycles. The van der Waals surface area contributed by atoms with Crippen LogP contribution < -0.4 is 11.2 Å². The van der Waals surface area contributed by atoms with E-state index in [1.165, 1.54) is 16.8 Å². The van der Waals surface area contributed by atoms with Crippen LogP contribution in [0.2, 0.25) is 0 Å². The minimum Gasteiger partial charge on any atom is -0.348 e. The standard InChI is InChI=1S/C12H15BrN2O5/c1-12(2)19-8-6(5-13)18-10(9(8)20-12)15-4-3-7(16)14-11(15)17/h3-4,6,8-10H,5H2,1-2H3,(H,14,16,17)/t6-,8-,9-,10-/m1/s1. The number of nitrogens with zero attached hydrogens (tertiary/aromatic N) is 1. The van der Waals surface area contributed by atoms with Crippen LogP contribution in [0.1, 0.15) is 20.1 Å². The van der Waals surface area contributed by atoms with Gasteiger partial charge in [0.1, 0.15) is 12.2 Å². The predicted octanol–water partition coefficient (Wildman–Crippen LogP) is 0.349. The number of hydrogen-bond acceptors (Lipinski definition) is 5. The number of H-pyrrole nitrogens is 1. The van der Waals surface area contributed by atoms with Gasteiger partial charge in [-0.1, -0.05) is 15.9 Å². The van der Waals surface area contributed by atoms with Gasteiger partial charge in [-0.25, -0.2) is 4.79 Å². The zero-order valence-corrected chi connectivity index (χ0v) is 12.6. The van der Waals surface area contributed by atoms with Crippen LogP contribution in [0.15, 0.2) is 21.9 Å². The first kappa shape index (κ1) is 14.0. The summed E-state index contributed by atoms with van der Waals surface area (Å²) in [6, 6.07) is 1.28. The molecular formula is C12H15BrN2O5. The molecule has 0 unspecified atom stereocenters. The highest BCUT2D eigenvalue weighted by Gasteiger charge is 2.55. The van der Waals surface area contributed by atoms with Gasteiger partial charge in [0, 0.05) is 17.6 Å². The molecule has 0 aromatic carbocycles. The molecule has 2 fully saturated rings. The van der Waals surface area contributed by atoms with Crippen LogP contribution in [0.25, 0.3) is 0 Å². The van der Waals surface area contributed by atoms with Gasteiger partial charge in [-0.2, -0.15) is 0 Å². The molecule has 20 heavy (non-hydrogen) atoms. The second-order valence-corrected chi connectivity index (χ2v) is 5.95. The van der Waals surface area contributed by atoms with Crippen molar-refractivity contribution in [3.05, 3.63) is 33.1 Å². The summed E-state index contributed by atoms with van der Waals surface area (Å²) in [5.41, 5.74) is -0.966. The fraction of sp³-hybridized carbons (Fsp3) is 0.667. The summed E-state index contributed by atoms with van der Waals surface area (Å²) >= 11 is 3.37. The van der Waals surface area contributed by atoms with Gasteiger partial charge in [0.25, 0.3) is 5.56 Å². The number of halogens is 1. The highest BCUT2D eigenvalue weighted by atomic mass is 79.9. The second-order valence-electron chi connectivity index (χ2n) is 5.30. The van der Waals surface area contributed by atoms with Crippen molar-refractivity contribution in [3.8, 4) is 0 Å². The number of ether oxygens (including phenoxy) is 3. The van der Waals surface area contributed by atoms with Crippen LogP contribution in [0.4, 0.5) is 0 Å². The molecule has 0 radical (unpaired) electrons. The van der Waals surface area contributed by atoms with Crippen molar-refractivity contribution >= 4 is 15.9 Å². The Morgan fingerprint density at radius 1 is 1.35 bits per heavy atom. The van der Waals surface area contributed by atoms with Crippen molar-refractivity contribution in [2.24, 2.45) is 0 Å². The highest BCUT2D eigenvalue weighted by molar-refractivity contribution is 9.09. The molecule has 1 N–H and O–H groups in total. The summed E-state index contributed by atoms with van der Waals surface area (Å²) < 4.78 is 18.8. The Morgan fingerprint density at radius 3 is 2.70 bits per heavy atom. The highest BCUT2D eigenvalue weighted by Crippen LogP contribution is 2.42. The SMILES string of the molecule is CC1(C)O[C@@H]2[C@H](O1)[C@@H](CBr)O[C@H]2n1ccc(=O)[nH]c1=O. The van der Waals surface area contributed by atoms with Gasteiger partial charge in [0.15, 0.2) is 12.0 Å². The average molecular weight is 347 g/mol. The molecule has 2 aliphatic rings. The quantitative estimate of drug-likeness (QED) is 0.781. The van der Waals surface area contributed by atoms with Crippen LogP contribution in [0.5, 0.6) is 0 Å². The van der Waals surface area contributed by atoms with E-state index in [1.54, 1.807) is 0 Å². The number of hydrogen-bond donors (Lipinski definition) is 1. The molecule has 0 aliphatic carbocycles. The van der Waals surface area contributed by atoms with Gasteiger partial charge in [0.05, 0.1) is 6.10 Å². The largest absolute Gasteiger partial charge is 0.348 e. The Hall–Kier alpha value is -0.960. The molecule has 0 bridgehead atoms.